The van der Waals surface area contributed by atoms with Crippen LogP contribution < -0.4 is 0 Å². The van der Waals surface area contributed by atoms with E-state index in [2.05, 4.69) is 16.6 Å². The van der Waals surface area contributed by atoms with Crippen molar-refractivity contribution in [3.63, 3.8) is 0 Å². The number of carbonyl (C=O) groups excluding carboxylic acids is 1. The van der Waals surface area contributed by atoms with Gasteiger partial charge in [0.1, 0.15) is 5.75 Å². The first-order valence-corrected chi connectivity index (χ1v) is 8.84. The highest BCUT2D eigenvalue weighted by atomic mass is 16.5. The minimum Gasteiger partial charge on any atom is -0.507 e. The first kappa shape index (κ1) is 19.0. The molecule has 0 bridgehead atoms. The summed E-state index contributed by atoms with van der Waals surface area (Å²) in [7, 11) is 1.35. The maximum Gasteiger partial charge on any atom is 0.337 e. The molecule has 1 N–H and O–H groups in total. The fourth-order valence-corrected chi connectivity index (χ4v) is 2.77. The normalized spacial score (nSPS) is 10.4. The van der Waals surface area contributed by atoms with Crippen molar-refractivity contribution in [3.05, 3.63) is 95.1 Å². The lowest BCUT2D eigenvalue weighted by molar-refractivity contribution is 0.0600. The van der Waals surface area contributed by atoms with Gasteiger partial charge in [-0.3, -0.25) is 0 Å². The molecule has 0 aromatic heterocycles. The van der Waals surface area contributed by atoms with Crippen molar-refractivity contribution in [1.29, 1.82) is 0 Å². The summed E-state index contributed by atoms with van der Waals surface area (Å²) in [4.78, 5) is 11.4. The summed E-state index contributed by atoms with van der Waals surface area (Å²) in [6, 6.07) is 20.5. The molecule has 0 saturated heterocycles. The molecule has 3 heteroatoms. The van der Waals surface area contributed by atoms with Gasteiger partial charge in [-0.1, -0.05) is 53.8 Å². The van der Waals surface area contributed by atoms with E-state index >= 15 is 0 Å². The van der Waals surface area contributed by atoms with Crippen LogP contribution in [0.25, 0.3) is 17.2 Å². The number of phenols is 1. The van der Waals surface area contributed by atoms with Crippen molar-refractivity contribution in [2.45, 2.75) is 6.92 Å². The number of methoxy groups -OCH3 is 1. The minimum absolute atomic E-state index is 0.207. The smallest absolute Gasteiger partial charge is 0.337 e. The maximum absolute atomic E-state index is 11.4. The van der Waals surface area contributed by atoms with Crippen LogP contribution in [0.2, 0.25) is 0 Å². The van der Waals surface area contributed by atoms with Gasteiger partial charge in [0.05, 0.1) is 12.7 Å². The third-order valence-electron chi connectivity index (χ3n) is 4.30. The molecule has 28 heavy (non-hydrogen) atoms. The molecule has 0 heterocycles. The van der Waals surface area contributed by atoms with E-state index in [-0.39, 0.29) is 11.7 Å². The molecule has 0 unspecified atom stereocenters. The second-order valence-electron chi connectivity index (χ2n) is 6.28. The average Bonchev–Trinajstić information content (AvgIpc) is 2.72. The Morgan fingerprint density at radius 3 is 2.39 bits per heavy atom. The van der Waals surface area contributed by atoms with Crippen LogP contribution in [0.1, 0.15) is 27.0 Å². The zero-order valence-electron chi connectivity index (χ0n) is 15.8. The lowest BCUT2D eigenvalue weighted by atomic mass is 9.98. The number of rotatable bonds is 3. The van der Waals surface area contributed by atoms with Crippen LogP contribution in [0.4, 0.5) is 0 Å². The first-order valence-electron chi connectivity index (χ1n) is 8.84. The predicted molar refractivity (Wildman–Crippen MR) is 112 cm³/mol. The van der Waals surface area contributed by atoms with E-state index in [9.17, 15) is 9.90 Å². The molecule has 0 spiro atoms. The van der Waals surface area contributed by atoms with Crippen LogP contribution in [0.5, 0.6) is 5.75 Å². The van der Waals surface area contributed by atoms with Gasteiger partial charge in [0.15, 0.2) is 0 Å². The molecule has 0 fully saturated rings. The van der Waals surface area contributed by atoms with Gasteiger partial charge >= 0.3 is 5.97 Å². The molecule has 3 rings (SSSR count). The second kappa shape index (κ2) is 8.75. The number of aryl methyl sites for hydroxylation is 1. The topological polar surface area (TPSA) is 46.5 Å². The number of phenolic OH excluding ortho intramolecular Hbond substituents is 1. The van der Waals surface area contributed by atoms with Crippen molar-refractivity contribution in [1.82, 2.24) is 0 Å². The third kappa shape index (κ3) is 4.49. The highest BCUT2D eigenvalue weighted by Crippen LogP contribution is 2.31. The van der Waals surface area contributed by atoms with Gasteiger partial charge in [-0.25, -0.2) is 4.79 Å². The Balaban J connectivity index is 1.83. The highest BCUT2D eigenvalue weighted by molar-refractivity contribution is 5.89. The zero-order chi connectivity index (χ0) is 19.9. The largest absolute Gasteiger partial charge is 0.507 e. The van der Waals surface area contributed by atoms with E-state index < -0.39 is 0 Å². The van der Waals surface area contributed by atoms with Gasteiger partial charge in [0.2, 0.25) is 0 Å². The standard InChI is InChI=1S/C25H20O3/c1-18-10-14-20(15-11-18)22-8-5-9-24(26)23(22)7-4-3-6-19-12-16-21(17-13-19)25(27)28-2/h4-5,7-17,26H,1-2H3/b7-4+. The monoisotopic (exact) mass is 368 g/mol. The molecular weight excluding hydrogens is 348 g/mol. The quantitative estimate of drug-likeness (QED) is 0.509. The number of aromatic hydroxyl groups is 1. The lowest BCUT2D eigenvalue weighted by Gasteiger charge is -2.08. The van der Waals surface area contributed by atoms with Crippen LogP contribution >= 0.6 is 0 Å². The van der Waals surface area contributed by atoms with Crippen LogP contribution in [-0.2, 0) is 4.74 Å². The van der Waals surface area contributed by atoms with Crippen molar-refractivity contribution in [3.8, 4) is 28.7 Å². The fraction of sp³-hybridized carbons (Fsp3) is 0.0800. The number of carbonyl (C=O) groups is 1. The summed E-state index contributed by atoms with van der Waals surface area (Å²) < 4.78 is 4.68. The van der Waals surface area contributed by atoms with Gasteiger partial charge in [-0.2, -0.15) is 0 Å². The van der Waals surface area contributed by atoms with E-state index in [0.29, 0.717) is 5.56 Å². The van der Waals surface area contributed by atoms with Crippen molar-refractivity contribution in [2.24, 2.45) is 0 Å². The Hall–Kier alpha value is -3.77. The fourth-order valence-electron chi connectivity index (χ4n) is 2.77. The molecule has 0 aliphatic rings. The first-order chi connectivity index (χ1) is 13.6. The van der Waals surface area contributed by atoms with Gasteiger partial charge in [-0.05, 0) is 60.5 Å². The van der Waals surface area contributed by atoms with E-state index in [0.717, 1.165) is 22.3 Å². The summed E-state index contributed by atoms with van der Waals surface area (Å²) in [5.41, 5.74) is 5.16. The number of benzene rings is 3. The molecule has 3 aromatic carbocycles. The third-order valence-corrected chi connectivity index (χ3v) is 4.30. The van der Waals surface area contributed by atoms with Gasteiger partial charge in [-0.15, -0.1) is 0 Å². The molecule has 0 saturated carbocycles. The summed E-state index contributed by atoms with van der Waals surface area (Å²) >= 11 is 0. The molecule has 3 aromatic rings. The van der Waals surface area contributed by atoms with E-state index in [1.165, 1.54) is 12.7 Å². The number of esters is 1. The molecule has 0 radical (unpaired) electrons. The SMILES string of the molecule is COC(=O)c1ccc(C#C/C=C/c2c(O)cccc2-c2ccc(C)cc2)cc1. The van der Waals surface area contributed by atoms with Gasteiger partial charge in [0, 0.05) is 11.1 Å². The predicted octanol–water partition coefficient (Wildman–Crippen LogP) is 5.22. The Morgan fingerprint density at radius 2 is 1.71 bits per heavy atom. The molecule has 138 valence electrons. The van der Waals surface area contributed by atoms with Gasteiger partial charge < -0.3 is 9.84 Å². The second-order valence-corrected chi connectivity index (χ2v) is 6.28. The number of allylic oxidation sites excluding steroid dienone is 1. The molecule has 0 atom stereocenters. The molecule has 0 aliphatic carbocycles. The lowest BCUT2D eigenvalue weighted by Crippen LogP contribution is -2.00. The van der Waals surface area contributed by atoms with E-state index in [1.54, 1.807) is 42.5 Å². The Bertz CT molecular complexity index is 1060. The van der Waals surface area contributed by atoms with Crippen LogP contribution in [0.3, 0.4) is 0 Å². The Kier molecular flexibility index (Phi) is 5.94. The molecule has 0 aliphatic heterocycles. The molecular formula is C25H20O3. The maximum atomic E-state index is 11.4. The van der Waals surface area contributed by atoms with Crippen molar-refractivity contribution >= 4 is 12.0 Å². The van der Waals surface area contributed by atoms with E-state index in [4.69, 9.17) is 0 Å². The van der Waals surface area contributed by atoms with Crippen LogP contribution in [0, 0.1) is 18.8 Å². The summed E-state index contributed by atoms with van der Waals surface area (Å²) in [5, 5.41) is 10.3. The summed E-state index contributed by atoms with van der Waals surface area (Å²) in [6.07, 6.45) is 3.52. The summed E-state index contributed by atoms with van der Waals surface area (Å²) in [6.45, 7) is 2.04. The Morgan fingerprint density at radius 1 is 1.00 bits per heavy atom. The van der Waals surface area contributed by atoms with Crippen molar-refractivity contribution in [2.75, 3.05) is 7.11 Å². The zero-order valence-corrected chi connectivity index (χ0v) is 15.8. The number of ether oxygens (including phenoxy) is 1. The minimum atomic E-state index is -0.373. The van der Waals surface area contributed by atoms with Gasteiger partial charge in [0.25, 0.3) is 0 Å². The average molecular weight is 368 g/mol. The van der Waals surface area contributed by atoms with E-state index in [1.807, 2.05) is 43.3 Å². The molecule has 0 amide bonds. The molecule has 3 nitrogen and oxygen atoms in total. The number of hydrogen-bond donors (Lipinski definition) is 1. The number of hydrogen-bond acceptors (Lipinski definition) is 3. The van der Waals surface area contributed by atoms with Crippen molar-refractivity contribution < 1.29 is 14.6 Å². The van der Waals surface area contributed by atoms with Crippen LogP contribution in [0.15, 0.2) is 72.8 Å². The summed E-state index contributed by atoms with van der Waals surface area (Å²) in [5.74, 6) is 5.82. The highest BCUT2D eigenvalue weighted by Gasteiger charge is 2.07. The van der Waals surface area contributed by atoms with Crippen LogP contribution in [-0.4, -0.2) is 18.2 Å². The Labute approximate surface area is 164 Å².